The van der Waals surface area contributed by atoms with Crippen molar-refractivity contribution in [3.63, 3.8) is 0 Å². The molecule has 2 aliphatic rings. The van der Waals surface area contributed by atoms with Crippen molar-refractivity contribution >= 4 is 23.2 Å². The van der Waals surface area contributed by atoms with Crippen molar-refractivity contribution in [1.29, 1.82) is 0 Å². The number of hydrogen-bond acceptors (Lipinski definition) is 0. The standard InChI is InChI=1S/C9H8Cl2/c10-8-4-6-2-1-3-7(6)5-9(8)11/h1-2,4-7H,3H2. The van der Waals surface area contributed by atoms with Gasteiger partial charge in [-0.25, -0.2) is 0 Å². The summed E-state index contributed by atoms with van der Waals surface area (Å²) in [5.41, 5.74) is 0. The normalized spacial score (nSPS) is 34.7. The average molecular weight is 187 g/mol. The van der Waals surface area contributed by atoms with Crippen LogP contribution in [0.15, 0.2) is 34.4 Å². The van der Waals surface area contributed by atoms with Gasteiger partial charge in [-0.05, 0) is 12.3 Å². The second-order valence-electron chi connectivity index (χ2n) is 2.93. The van der Waals surface area contributed by atoms with E-state index in [9.17, 15) is 0 Å². The third-order valence-electron chi connectivity index (χ3n) is 2.19. The van der Waals surface area contributed by atoms with Gasteiger partial charge in [0.15, 0.2) is 0 Å². The Bertz CT molecular complexity index is 261. The maximum Gasteiger partial charge on any atom is 0.0555 e. The number of fused-ring (bicyclic) bond motifs is 1. The maximum atomic E-state index is 5.87. The molecular formula is C9H8Cl2. The van der Waals surface area contributed by atoms with Gasteiger partial charge in [0.1, 0.15) is 0 Å². The van der Waals surface area contributed by atoms with Gasteiger partial charge in [-0.3, -0.25) is 0 Å². The summed E-state index contributed by atoms with van der Waals surface area (Å²) in [6.07, 6.45) is 9.54. The van der Waals surface area contributed by atoms with Crippen LogP contribution in [-0.2, 0) is 0 Å². The van der Waals surface area contributed by atoms with Crippen LogP contribution in [0.5, 0.6) is 0 Å². The summed E-state index contributed by atoms with van der Waals surface area (Å²) < 4.78 is 0. The van der Waals surface area contributed by atoms with Gasteiger partial charge in [-0.1, -0.05) is 47.5 Å². The van der Waals surface area contributed by atoms with E-state index in [0.717, 1.165) is 6.42 Å². The van der Waals surface area contributed by atoms with Gasteiger partial charge in [0.25, 0.3) is 0 Å². The Balaban J connectivity index is 2.31. The Morgan fingerprint density at radius 2 is 1.91 bits per heavy atom. The van der Waals surface area contributed by atoms with Gasteiger partial charge in [0.05, 0.1) is 10.1 Å². The van der Waals surface area contributed by atoms with Crippen LogP contribution in [0.1, 0.15) is 6.42 Å². The van der Waals surface area contributed by atoms with Crippen LogP contribution in [0.4, 0.5) is 0 Å². The third-order valence-corrected chi connectivity index (χ3v) is 2.94. The molecule has 2 aliphatic carbocycles. The quantitative estimate of drug-likeness (QED) is 0.509. The second kappa shape index (κ2) is 2.69. The van der Waals surface area contributed by atoms with E-state index in [1.807, 2.05) is 6.08 Å². The Morgan fingerprint density at radius 1 is 1.18 bits per heavy atom. The average Bonchev–Trinajstić information content (AvgIpc) is 2.36. The molecule has 2 rings (SSSR count). The van der Waals surface area contributed by atoms with Crippen molar-refractivity contribution in [3.05, 3.63) is 34.4 Å². The van der Waals surface area contributed by atoms with Crippen LogP contribution in [0, 0.1) is 11.8 Å². The largest absolute Gasteiger partial charge is 0.0873 e. The van der Waals surface area contributed by atoms with Crippen LogP contribution in [-0.4, -0.2) is 0 Å². The van der Waals surface area contributed by atoms with E-state index in [1.165, 1.54) is 0 Å². The molecule has 0 aromatic heterocycles. The Hall–Kier alpha value is -0.200. The molecule has 0 fully saturated rings. The monoisotopic (exact) mass is 186 g/mol. The highest BCUT2D eigenvalue weighted by atomic mass is 35.5. The number of halogens is 2. The molecule has 11 heavy (non-hydrogen) atoms. The van der Waals surface area contributed by atoms with Crippen LogP contribution in [0.3, 0.4) is 0 Å². The van der Waals surface area contributed by atoms with E-state index in [0.29, 0.717) is 21.9 Å². The van der Waals surface area contributed by atoms with Gasteiger partial charge in [-0.15, -0.1) is 0 Å². The lowest BCUT2D eigenvalue weighted by atomic mass is 9.91. The van der Waals surface area contributed by atoms with Gasteiger partial charge >= 0.3 is 0 Å². The summed E-state index contributed by atoms with van der Waals surface area (Å²) in [6.45, 7) is 0. The van der Waals surface area contributed by atoms with Gasteiger partial charge < -0.3 is 0 Å². The summed E-state index contributed by atoms with van der Waals surface area (Å²) in [5, 5.41) is 1.40. The van der Waals surface area contributed by atoms with Crippen LogP contribution in [0.25, 0.3) is 0 Å². The molecular weight excluding hydrogens is 179 g/mol. The summed E-state index contributed by atoms with van der Waals surface area (Å²) in [6, 6.07) is 0. The third kappa shape index (κ3) is 1.25. The summed E-state index contributed by atoms with van der Waals surface area (Å²) >= 11 is 11.7. The molecule has 0 aromatic rings. The van der Waals surface area contributed by atoms with E-state index in [4.69, 9.17) is 23.2 Å². The fourth-order valence-electron chi connectivity index (χ4n) is 1.57. The fourth-order valence-corrected chi connectivity index (χ4v) is 2.00. The first-order chi connectivity index (χ1) is 5.27. The van der Waals surface area contributed by atoms with Gasteiger partial charge in [0.2, 0.25) is 0 Å². The molecule has 0 aliphatic heterocycles. The van der Waals surface area contributed by atoms with Crippen molar-refractivity contribution in [2.45, 2.75) is 6.42 Å². The zero-order valence-electron chi connectivity index (χ0n) is 5.93. The minimum absolute atomic E-state index is 0.491. The molecule has 0 nitrogen and oxygen atoms in total. The Morgan fingerprint density at radius 3 is 2.73 bits per heavy atom. The molecule has 0 aromatic carbocycles. The molecule has 0 saturated carbocycles. The summed E-state index contributed by atoms with van der Waals surface area (Å²) in [5.74, 6) is 1.05. The van der Waals surface area contributed by atoms with E-state index < -0.39 is 0 Å². The minimum atomic E-state index is 0.491. The van der Waals surface area contributed by atoms with Crippen molar-refractivity contribution in [1.82, 2.24) is 0 Å². The predicted molar refractivity (Wildman–Crippen MR) is 48.6 cm³/mol. The zero-order valence-corrected chi connectivity index (χ0v) is 7.44. The topological polar surface area (TPSA) is 0 Å². The highest BCUT2D eigenvalue weighted by molar-refractivity contribution is 6.44. The van der Waals surface area contributed by atoms with E-state index in [2.05, 4.69) is 18.2 Å². The van der Waals surface area contributed by atoms with Crippen LogP contribution in [0.2, 0.25) is 0 Å². The molecule has 0 spiro atoms. The number of rotatable bonds is 0. The molecule has 0 N–H and O–H groups in total. The molecule has 0 bridgehead atoms. The lowest BCUT2D eigenvalue weighted by Gasteiger charge is -2.17. The highest BCUT2D eigenvalue weighted by Gasteiger charge is 2.23. The first-order valence-electron chi connectivity index (χ1n) is 3.69. The lowest BCUT2D eigenvalue weighted by molar-refractivity contribution is 0.593. The second-order valence-corrected chi connectivity index (χ2v) is 3.75. The van der Waals surface area contributed by atoms with Gasteiger partial charge in [-0.2, -0.15) is 0 Å². The van der Waals surface area contributed by atoms with E-state index in [-0.39, 0.29) is 0 Å². The smallest absolute Gasteiger partial charge is 0.0555 e. The van der Waals surface area contributed by atoms with Crippen molar-refractivity contribution in [2.24, 2.45) is 11.8 Å². The highest BCUT2D eigenvalue weighted by Crippen LogP contribution is 2.37. The molecule has 0 radical (unpaired) electrons. The molecule has 2 unspecified atom stereocenters. The lowest BCUT2D eigenvalue weighted by Crippen LogP contribution is -2.07. The SMILES string of the molecule is ClC1=CC2C=CCC2C=C1Cl. The summed E-state index contributed by atoms with van der Waals surface area (Å²) in [7, 11) is 0. The van der Waals surface area contributed by atoms with E-state index in [1.54, 1.807) is 0 Å². The first-order valence-corrected chi connectivity index (χ1v) is 4.44. The molecule has 2 atom stereocenters. The van der Waals surface area contributed by atoms with E-state index >= 15 is 0 Å². The fraction of sp³-hybridized carbons (Fsp3) is 0.333. The van der Waals surface area contributed by atoms with Crippen molar-refractivity contribution in [3.8, 4) is 0 Å². The molecule has 0 amide bonds. The Kier molecular flexibility index (Phi) is 1.82. The predicted octanol–water partition coefficient (Wildman–Crippen LogP) is 3.44. The molecule has 0 saturated heterocycles. The first kappa shape index (κ1) is 7.45. The van der Waals surface area contributed by atoms with Crippen molar-refractivity contribution < 1.29 is 0 Å². The van der Waals surface area contributed by atoms with Crippen LogP contribution < -0.4 is 0 Å². The summed E-state index contributed by atoms with van der Waals surface area (Å²) in [4.78, 5) is 0. The van der Waals surface area contributed by atoms with Crippen molar-refractivity contribution in [2.75, 3.05) is 0 Å². The minimum Gasteiger partial charge on any atom is -0.0873 e. The van der Waals surface area contributed by atoms with Crippen LogP contribution >= 0.6 is 23.2 Å². The molecule has 58 valence electrons. The van der Waals surface area contributed by atoms with Gasteiger partial charge in [0, 0.05) is 5.92 Å². The maximum absolute atomic E-state index is 5.87. The molecule has 0 heterocycles. The zero-order chi connectivity index (χ0) is 7.84. The molecule has 2 heteroatoms. The Labute approximate surface area is 76.2 Å². The number of allylic oxidation sites excluding steroid dienone is 6. The number of hydrogen-bond donors (Lipinski definition) is 0.